The number of carboxylic acid groups (broad SMARTS) is 1. The SMILES string of the molecule is COc1ccc(C(C(=O)O)N2CC(C)CC(C)C2)cc1. The lowest BCUT2D eigenvalue weighted by Gasteiger charge is -2.38. The maximum atomic E-state index is 11.7. The van der Waals surface area contributed by atoms with Crippen LogP contribution in [0.5, 0.6) is 5.75 Å². The van der Waals surface area contributed by atoms with Crippen LogP contribution in [0.25, 0.3) is 0 Å². The molecule has 1 saturated heterocycles. The van der Waals surface area contributed by atoms with E-state index < -0.39 is 12.0 Å². The van der Waals surface area contributed by atoms with Crippen LogP contribution in [0.3, 0.4) is 0 Å². The summed E-state index contributed by atoms with van der Waals surface area (Å²) in [4.78, 5) is 13.8. The first kappa shape index (κ1) is 14.9. The van der Waals surface area contributed by atoms with E-state index in [4.69, 9.17) is 4.74 Å². The normalized spacial score (nSPS) is 25.1. The summed E-state index contributed by atoms with van der Waals surface area (Å²) in [5.74, 6) is 1.05. The number of methoxy groups -OCH3 is 1. The zero-order valence-corrected chi connectivity index (χ0v) is 12.4. The van der Waals surface area contributed by atoms with Crippen LogP contribution in [0.2, 0.25) is 0 Å². The van der Waals surface area contributed by atoms with Crippen LogP contribution in [0.15, 0.2) is 24.3 Å². The fourth-order valence-electron chi connectivity index (χ4n) is 3.22. The van der Waals surface area contributed by atoms with Crippen LogP contribution >= 0.6 is 0 Å². The first-order chi connectivity index (χ1) is 9.51. The van der Waals surface area contributed by atoms with E-state index in [1.165, 1.54) is 6.42 Å². The Morgan fingerprint density at radius 3 is 2.25 bits per heavy atom. The van der Waals surface area contributed by atoms with E-state index in [2.05, 4.69) is 18.7 Å². The third-order valence-corrected chi connectivity index (χ3v) is 3.93. The molecule has 0 saturated carbocycles. The van der Waals surface area contributed by atoms with Crippen LogP contribution in [0.4, 0.5) is 0 Å². The second-order valence-corrected chi connectivity index (χ2v) is 5.91. The number of hydrogen-bond acceptors (Lipinski definition) is 3. The van der Waals surface area contributed by atoms with Gasteiger partial charge in [-0.05, 0) is 36.0 Å². The molecular formula is C16H23NO3. The third kappa shape index (κ3) is 3.31. The van der Waals surface area contributed by atoms with Gasteiger partial charge in [0, 0.05) is 13.1 Å². The molecular weight excluding hydrogens is 254 g/mol. The molecule has 0 bridgehead atoms. The number of piperidine rings is 1. The minimum absolute atomic E-state index is 0.541. The predicted molar refractivity (Wildman–Crippen MR) is 77.9 cm³/mol. The molecule has 110 valence electrons. The van der Waals surface area contributed by atoms with E-state index in [9.17, 15) is 9.90 Å². The lowest BCUT2D eigenvalue weighted by Crippen LogP contribution is -2.43. The Kier molecular flexibility index (Phi) is 4.65. The maximum absolute atomic E-state index is 11.7. The van der Waals surface area contributed by atoms with Gasteiger partial charge in [-0.2, -0.15) is 0 Å². The number of hydrogen-bond donors (Lipinski definition) is 1. The van der Waals surface area contributed by atoms with E-state index in [1.54, 1.807) is 7.11 Å². The Labute approximate surface area is 120 Å². The second-order valence-electron chi connectivity index (χ2n) is 5.91. The summed E-state index contributed by atoms with van der Waals surface area (Å²) in [6, 6.07) is 6.78. The van der Waals surface area contributed by atoms with Crippen molar-refractivity contribution in [2.75, 3.05) is 20.2 Å². The number of nitrogens with zero attached hydrogens (tertiary/aromatic N) is 1. The Hall–Kier alpha value is -1.55. The minimum atomic E-state index is -0.781. The van der Waals surface area contributed by atoms with Crippen molar-refractivity contribution >= 4 is 5.97 Å². The summed E-state index contributed by atoms with van der Waals surface area (Å²) in [5, 5.41) is 9.61. The smallest absolute Gasteiger partial charge is 0.325 e. The summed E-state index contributed by atoms with van der Waals surface area (Å²) in [6.07, 6.45) is 1.17. The molecule has 1 aliphatic heterocycles. The molecule has 0 amide bonds. The summed E-state index contributed by atoms with van der Waals surface area (Å²) in [5.41, 5.74) is 0.819. The van der Waals surface area contributed by atoms with Gasteiger partial charge < -0.3 is 9.84 Å². The highest BCUT2D eigenvalue weighted by atomic mass is 16.5. The van der Waals surface area contributed by atoms with Crippen LogP contribution in [-0.2, 0) is 4.79 Å². The molecule has 4 heteroatoms. The van der Waals surface area contributed by atoms with Crippen molar-refractivity contribution in [3.63, 3.8) is 0 Å². The van der Waals surface area contributed by atoms with Crippen LogP contribution in [-0.4, -0.2) is 36.2 Å². The van der Waals surface area contributed by atoms with Gasteiger partial charge in [-0.3, -0.25) is 9.69 Å². The number of carbonyl (C=O) groups is 1. The van der Waals surface area contributed by atoms with E-state index in [1.807, 2.05) is 24.3 Å². The largest absolute Gasteiger partial charge is 0.497 e. The predicted octanol–water partition coefficient (Wildman–Crippen LogP) is 2.80. The highest BCUT2D eigenvalue weighted by Crippen LogP contribution is 2.30. The van der Waals surface area contributed by atoms with Crippen molar-refractivity contribution in [1.82, 2.24) is 4.90 Å². The van der Waals surface area contributed by atoms with Crippen LogP contribution in [0, 0.1) is 11.8 Å². The molecule has 3 atom stereocenters. The van der Waals surface area contributed by atoms with E-state index >= 15 is 0 Å². The van der Waals surface area contributed by atoms with E-state index in [-0.39, 0.29) is 0 Å². The first-order valence-electron chi connectivity index (χ1n) is 7.12. The molecule has 0 spiro atoms. The quantitative estimate of drug-likeness (QED) is 0.919. The van der Waals surface area contributed by atoms with Crippen molar-refractivity contribution in [1.29, 1.82) is 0 Å². The first-order valence-corrected chi connectivity index (χ1v) is 7.12. The molecule has 2 rings (SSSR count). The molecule has 1 N–H and O–H groups in total. The molecule has 1 heterocycles. The van der Waals surface area contributed by atoms with Gasteiger partial charge >= 0.3 is 5.97 Å². The van der Waals surface area contributed by atoms with Crippen LogP contribution in [0.1, 0.15) is 31.9 Å². The van der Waals surface area contributed by atoms with Gasteiger partial charge in [-0.15, -0.1) is 0 Å². The van der Waals surface area contributed by atoms with Crippen molar-refractivity contribution < 1.29 is 14.6 Å². The van der Waals surface area contributed by atoms with Crippen molar-refractivity contribution in [3.8, 4) is 5.75 Å². The van der Waals surface area contributed by atoms with Gasteiger partial charge in [0.05, 0.1) is 7.11 Å². The van der Waals surface area contributed by atoms with E-state index in [0.717, 1.165) is 24.4 Å². The molecule has 1 aliphatic rings. The molecule has 1 aromatic carbocycles. The second kappa shape index (κ2) is 6.27. The summed E-state index contributed by atoms with van der Waals surface area (Å²) in [6.45, 7) is 6.06. The fourth-order valence-corrected chi connectivity index (χ4v) is 3.22. The van der Waals surface area contributed by atoms with Crippen LogP contribution < -0.4 is 4.74 Å². The van der Waals surface area contributed by atoms with Crippen molar-refractivity contribution in [2.45, 2.75) is 26.3 Å². The third-order valence-electron chi connectivity index (χ3n) is 3.93. The standard InChI is InChI=1S/C16H23NO3/c1-11-8-12(2)10-17(9-11)15(16(18)19)13-4-6-14(20-3)7-5-13/h4-7,11-12,15H,8-10H2,1-3H3,(H,18,19). The van der Waals surface area contributed by atoms with Crippen molar-refractivity contribution in [3.05, 3.63) is 29.8 Å². The molecule has 0 radical (unpaired) electrons. The average Bonchev–Trinajstić information content (AvgIpc) is 2.38. The highest BCUT2D eigenvalue weighted by molar-refractivity contribution is 5.75. The Balaban J connectivity index is 2.23. The lowest BCUT2D eigenvalue weighted by molar-refractivity contribution is -0.144. The maximum Gasteiger partial charge on any atom is 0.325 e. The number of rotatable bonds is 4. The average molecular weight is 277 g/mol. The number of benzene rings is 1. The zero-order valence-electron chi connectivity index (χ0n) is 12.4. The number of aliphatic carboxylic acids is 1. The Morgan fingerprint density at radius 2 is 1.80 bits per heavy atom. The van der Waals surface area contributed by atoms with Gasteiger partial charge in [0.2, 0.25) is 0 Å². The lowest BCUT2D eigenvalue weighted by atomic mass is 9.89. The zero-order chi connectivity index (χ0) is 14.7. The summed E-state index contributed by atoms with van der Waals surface area (Å²) < 4.78 is 5.13. The molecule has 4 nitrogen and oxygen atoms in total. The molecule has 0 aromatic heterocycles. The Morgan fingerprint density at radius 1 is 1.25 bits per heavy atom. The number of likely N-dealkylation sites (tertiary alicyclic amines) is 1. The van der Waals surface area contributed by atoms with Gasteiger partial charge in [-0.1, -0.05) is 26.0 Å². The van der Waals surface area contributed by atoms with Gasteiger partial charge in [0.25, 0.3) is 0 Å². The van der Waals surface area contributed by atoms with Gasteiger partial charge in [-0.25, -0.2) is 0 Å². The summed E-state index contributed by atoms with van der Waals surface area (Å²) in [7, 11) is 1.61. The monoisotopic (exact) mass is 277 g/mol. The topological polar surface area (TPSA) is 49.8 Å². The molecule has 0 aliphatic carbocycles. The minimum Gasteiger partial charge on any atom is -0.497 e. The molecule has 1 aromatic rings. The fraction of sp³-hybridized carbons (Fsp3) is 0.562. The molecule has 20 heavy (non-hydrogen) atoms. The molecule has 1 fully saturated rings. The number of ether oxygens (including phenoxy) is 1. The molecule has 3 unspecified atom stereocenters. The number of carboxylic acids is 1. The summed E-state index contributed by atoms with van der Waals surface area (Å²) >= 11 is 0. The highest BCUT2D eigenvalue weighted by Gasteiger charge is 2.32. The van der Waals surface area contributed by atoms with E-state index in [0.29, 0.717) is 11.8 Å². The van der Waals surface area contributed by atoms with Gasteiger partial charge in [0.15, 0.2) is 0 Å². The van der Waals surface area contributed by atoms with Gasteiger partial charge in [0.1, 0.15) is 11.8 Å². The van der Waals surface area contributed by atoms with Crippen molar-refractivity contribution in [2.24, 2.45) is 11.8 Å². The Bertz CT molecular complexity index is 447.